The van der Waals surface area contributed by atoms with Gasteiger partial charge in [0.1, 0.15) is 12.7 Å². The summed E-state index contributed by atoms with van der Waals surface area (Å²) < 4.78 is 13.5. The fourth-order valence-corrected chi connectivity index (χ4v) is 2.91. The van der Waals surface area contributed by atoms with E-state index >= 15 is 0 Å². The van der Waals surface area contributed by atoms with E-state index in [1.165, 1.54) is 6.42 Å². The minimum atomic E-state index is 0.348. The van der Waals surface area contributed by atoms with E-state index in [9.17, 15) is 0 Å². The summed E-state index contributed by atoms with van der Waals surface area (Å²) >= 11 is 0. The molecule has 0 spiro atoms. The molecule has 1 atom stereocenters. The molecule has 0 radical (unpaired) electrons. The van der Waals surface area contributed by atoms with E-state index < -0.39 is 0 Å². The van der Waals surface area contributed by atoms with Crippen molar-refractivity contribution in [3.63, 3.8) is 0 Å². The number of piperidine rings is 1. The van der Waals surface area contributed by atoms with Crippen LogP contribution in [-0.2, 0) is 16.0 Å². The van der Waals surface area contributed by atoms with E-state index in [1.54, 1.807) is 12.7 Å². The monoisotopic (exact) mass is 280 g/mol. The molecule has 1 aromatic rings. The Balaban J connectivity index is 1.30. The quantitative estimate of drug-likeness (QED) is 0.776. The highest BCUT2D eigenvalue weighted by atomic mass is 16.5. The molecular formula is C14H24N4O2. The molecule has 20 heavy (non-hydrogen) atoms. The van der Waals surface area contributed by atoms with Crippen LogP contribution in [-0.4, -0.2) is 64.7 Å². The first kappa shape index (κ1) is 14.0. The molecule has 1 aromatic heterocycles. The second-order valence-electron chi connectivity index (χ2n) is 5.67. The molecular weight excluding hydrogens is 256 g/mol. The molecule has 0 aromatic carbocycles. The van der Waals surface area contributed by atoms with Gasteiger partial charge in [0, 0.05) is 26.2 Å². The number of rotatable bonds is 6. The summed E-state index contributed by atoms with van der Waals surface area (Å²) in [6.07, 6.45) is 8.74. The predicted molar refractivity (Wildman–Crippen MR) is 74.4 cm³/mol. The largest absolute Gasteiger partial charge is 0.376 e. The highest BCUT2D eigenvalue weighted by molar-refractivity contribution is 4.74. The lowest BCUT2D eigenvalue weighted by Gasteiger charge is -2.32. The number of nitrogens with zero attached hydrogens (tertiary/aromatic N) is 4. The zero-order valence-corrected chi connectivity index (χ0v) is 12.0. The summed E-state index contributed by atoms with van der Waals surface area (Å²) in [5, 5.41) is 4.13. The lowest BCUT2D eigenvalue weighted by atomic mass is 10.1. The minimum Gasteiger partial charge on any atom is -0.376 e. The average Bonchev–Trinajstić information content (AvgIpc) is 3.17. The molecule has 0 aliphatic carbocycles. The first-order chi connectivity index (χ1) is 9.90. The first-order valence-electron chi connectivity index (χ1n) is 7.68. The van der Waals surface area contributed by atoms with Crippen molar-refractivity contribution in [2.75, 3.05) is 32.8 Å². The highest BCUT2D eigenvalue weighted by Crippen LogP contribution is 2.17. The standard InChI is InChI=1S/C14H24N4O2/c1-2-14(19-9-1)10-20-13-3-5-17(6-4-13)7-8-18-12-15-11-16-18/h11-14H,1-10H2. The second-order valence-corrected chi connectivity index (χ2v) is 5.67. The average molecular weight is 280 g/mol. The van der Waals surface area contributed by atoms with Crippen LogP contribution in [0.15, 0.2) is 12.7 Å². The molecule has 2 aliphatic rings. The van der Waals surface area contributed by atoms with Gasteiger partial charge in [0.15, 0.2) is 0 Å². The Morgan fingerprint density at radius 1 is 1.20 bits per heavy atom. The van der Waals surface area contributed by atoms with E-state index in [1.807, 2.05) is 4.68 Å². The Bertz CT molecular complexity index is 371. The van der Waals surface area contributed by atoms with E-state index in [0.29, 0.717) is 12.2 Å². The van der Waals surface area contributed by atoms with Gasteiger partial charge in [0.2, 0.25) is 0 Å². The van der Waals surface area contributed by atoms with Crippen LogP contribution < -0.4 is 0 Å². The van der Waals surface area contributed by atoms with Gasteiger partial charge in [-0.25, -0.2) is 4.98 Å². The van der Waals surface area contributed by atoms with Crippen LogP contribution >= 0.6 is 0 Å². The fraction of sp³-hybridized carbons (Fsp3) is 0.857. The summed E-state index contributed by atoms with van der Waals surface area (Å²) in [5.74, 6) is 0. The molecule has 3 heterocycles. The molecule has 0 amide bonds. The zero-order valence-electron chi connectivity index (χ0n) is 12.0. The summed E-state index contributed by atoms with van der Waals surface area (Å²) in [7, 11) is 0. The molecule has 6 heteroatoms. The normalized spacial score (nSPS) is 25.3. The molecule has 2 fully saturated rings. The molecule has 1 unspecified atom stereocenters. The van der Waals surface area contributed by atoms with Gasteiger partial charge in [0.25, 0.3) is 0 Å². The molecule has 0 saturated carbocycles. The van der Waals surface area contributed by atoms with Gasteiger partial charge in [-0.15, -0.1) is 0 Å². The zero-order chi connectivity index (χ0) is 13.6. The predicted octanol–water partition coefficient (Wildman–Crippen LogP) is 0.938. The lowest BCUT2D eigenvalue weighted by Crippen LogP contribution is -2.39. The van der Waals surface area contributed by atoms with Crippen molar-refractivity contribution < 1.29 is 9.47 Å². The Morgan fingerprint density at radius 3 is 2.80 bits per heavy atom. The van der Waals surface area contributed by atoms with Crippen LogP contribution in [0.4, 0.5) is 0 Å². The van der Waals surface area contributed by atoms with Gasteiger partial charge >= 0.3 is 0 Å². The van der Waals surface area contributed by atoms with Crippen molar-refractivity contribution in [1.29, 1.82) is 0 Å². The van der Waals surface area contributed by atoms with Crippen molar-refractivity contribution >= 4 is 0 Å². The molecule has 2 aliphatic heterocycles. The number of hydrogen-bond acceptors (Lipinski definition) is 5. The number of ether oxygens (including phenoxy) is 2. The lowest BCUT2D eigenvalue weighted by molar-refractivity contribution is -0.0421. The van der Waals surface area contributed by atoms with Crippen LogP contribution in [0, 0.1) is 0 Å². The van der Waals surface area contributed by atoms with Gasteiger partial charge in [-0.3, -0.25) is 4.68 Å². The van der Waals surface area contributed by atoms with Gasteiger partial charge in [0.05, 0.1) is 25.4 Å². The van der Waals surface area contributed by atoms with E-state index in [0.717, 1.165) is 58.7 Å². The van der Waals surface area contributed by atoms with Crippen molar-refractivity contribution in [3.05, 3.63) is 12.7 Å². The molecule has 3 rings (SSSR count). The number of likely N-dealkylation sites (tertiary alicyclic amines) is 1. The molecule has 112 valence electrons. The smallest absolute Gasteiger partial charge is 0.137 e. The molecule has 6 nitrogen and oxygen atoms in total. The SMILES string of the molecule is c1ncn(CCN2CCC(OCC3CCCO3)CC2)n1. The molecule has 2 saturated heterocycles. The van der Waals surface area contributed by atoms with Crippen LogP contribution in [0.2, 0.25) is 0 Å². The van der Waals surface area contributed by atoms with Crippen molar-refractivity contribution in [2.24, 2.45) is 0 Å². The number of aromatic nitrogens is 3. The number of hydrogen-bond donors (Lipinski definition) is 0. The van der Waals surface area contributed by atoms with Crippen LogP contribution in [0.25, 0.3) is 0 Å². The third-order valence-electron chi connectivity index (χ3n) is 4.19. The summed E-state index contributed by atoms with van der Waals surface area (Å²) in [4.78, 5) is 6.44. The maximum atomic E-state index is 5.99. The van der Waals surface area contributed by atoms with Gasteiger partial charge in [-0.2, -0.15) is 5.10 Å². The van der Waals surface area contributed by atoms with Gasteiger partial charge in [-0.05, 0) is 25.7 Å². The highest BCUT2D eigenvalue weighted by Gasteiger charge is 2.22. The van der Waals surface area contributed by atoms with Crippen molar-refractivity contribution in [3.8, 4) is 0 Å². The Kier molecular flexibility index (Phi) is 5.00. The minimum absolute atomic E-state index is 0.348. The molecule has 0 bridgehead atoms. The Morgan fingerprint density at radius 2 is 2.10 bits per heavy atom. The fourth-order valence-electron chi connectivity index (χ4n) is 2.91. The van der Waals surface area contributed by atoms with Crippen LogP contribution in [0.3, 0.4) is 0 Å². The third-order valence-corrected chi connectivity index (χ3v) is 4.19. The maximum Gasteiger partial charge on any atom is 0.137 e. The summed E-state index contributed by atoms with van der Waals surface area (Å²) in [5.41, 5.74) is 0. The van der Waals surface area contributed by atoms with E-state index in [-0.39, 0.29) is 0 Å². The second kappa shape index (κ2) is 7.15. The maximum absolute atomic E-state index is 5.99. The van der Waals surface area contributed by atoms with E-state index in [4.69, 9.17) is 9.47 Å². The summed E-state index contributed by atoms with van der Waals surface area (Å²) in [6, 6.07) is 0. The van der Waals surface area contributed by atoms with Gasteiger partial charge in [-0.1, -0.05) is 0 Å². The Labute approximate surface area is 120 Å². The van der Waals surface area contributed by atoms with Crippen LogP contribution in [0.5, 0.6) is 0 Å². The topological polar surface area (TPSA) is 52.4 Å². The molecule has 0 N–H and O–H groups in total. The third kappa shape index (κ3) is 4.01. The van der Waals surface area contributed by atoms with Crippen molar-refractivity contribution in [2.45, 2.75) is 44.4 Å². The van der Waals surface area contributed by atoms with Crippen molar-refractivity contribution in [1.82, 2.24) is 19.7 Å². The summed E-state index contributed by atoms with van der Waals surface area (Å²) in [6.45, 7) is 5.89. The first-order valence-corrected chi connectivity index (χ1v) is 7.68. The van der Waals surface area contributed by atoms with Crippen LogP contribution in [0.1, 0.15) is 25.7 Å². The van der Waals surface area contributed by atoms with Gasteiger partial charge < -0.3 is 14.4 Å². The van der Waals surface area contributed by atoms with E-state index in [2.05, 4.69) is 15.0 Å². The Hall–Kier alpha value is -0.980.